The van der Waals surface area contributed by atoms with Gasteiger partial charge in [-0.05, 0) is 46.3 Å². The topological polar surface area (TPSA) is 62.5 Å². The Morgan fingerprint density at radius 2 is 2.05 bits per heavy atom. The second-order valence-electron chi connectivity index (χ2n) is 3.89. The van der Waals surface area contributed by atoms with Crippen molar-refractivity contribution in [2.24, 2.45) is 0 Å². The number of furan rings is 1. The molecule has 0 saturated heterocycles. The predicted octanol–water partition coefficient (Wildman–Crippen LogP) is 3.65. The van der Waals surface area contributed by atoms with E-state index >= 15 is 0 Å². The van der Waals surface area contributed by atoms with E-state index in [9.17, 15) is 4.79 Å². The van der Waals surface area contributed by atoms with Crippen molar-refractivity contribution in [3.63, 3.8) is 0 Å². The van der Waals surface area contributed by atoms with E-state index in [0.717, 1.165) is 20.3 Å². The average Bonchev–Trinajstić information content (AvgIpc) is 2.77. The van der Waals surface area contributed by atoms with Gasteiger partial charge in [0.15, 0.2) is 0 Å². The molecular weight excluding hydrogens is 378 g/mol. The third-order valence-corrected chi connectivity index (χ3v) is 3.58. The fourth-order valence-electron chi connectivity index (χ4n) is 1.60. The average molecular weight is 389 g/mol. The number of hydrogen-bond donors (Lipinski definition) is 2. The Morgan fingerprint density at radius 3 is 2.74 bits per heavy atom. The van der Waals surface area contributed by atoms with Crippen LogP contribution in [-0.4, -0.2) is 17.6 Å². The van der Waals surface area contributed by atoms with Crippen LogP contribution in [0.5, 0.6) is 0 Å². The number of benzene rings is 1. The number of halogens is 2. The summed E-state index contributed by atoms with van der Waals surface area (Å²) < 4.78 is 7.59. The minimum absolute atomic E-state index is 0.0853. The molecule has 2 aromatic rings. The highest BCUT2D eigenvalue weighted by Crippen LogP contribution is 2.31. The van der Waals surface area contributed by atoms with Gasteiger partial charge in [-0.2, -0.15) is 0 Å². The molecule has 0 saturated carbocycles. The first-order chi connectivity index (χ1) is 9.06. The molecule has 2 rings (SSSR count). The maximum absolute atomic E-state index is 10.4. The first-order valence-electron chi connectivity index (χ1n) is 5.53. The van der Waals surface area contributed by atoms with Crippen LogP contribution in [0.4, 0.5) is 0 Å². The van der Waals surface area contributed by atoms with Gasteiger partial charge in [0.25, 0.3) is 0 Å². The van der Waals surface area contributed by atoms with E-state index in [-0.39, 0.29) is 6.54 Å². The van der Waals surface area contributed by atoms with Crippen molar-refractivity contribution < 1.29 is 14.3 Å². The number of carboxylic acids is 1. The molecule has 0 unspecified atom stereocenters. The van der Waals surface area contributed by atoms with E-state index in [1.54, 1.807) is 0 Å². The Hall–Kier alpha value is -1.11. The summed E-state index contributed by atoms with van der Waals surface area (Å²) in [6, 6.07) is 9.52. The number of carbonyl (C=O) groups is 1. The monoisotopic (exact) mass is 387 g/mol. The van der Waals surface area contributed by atoms with Gasteiger partial charge in [0.05, 0.1) is 13.1 Å². The first-order valence-corrected chi connectivity index (χ1v) is 7.11. The van der Waals surface area contributed by atoms with Crippen LogP contribution >= 0.6 is 31.9 Å². The lowest BCUT2D eigenvalue weighted by Gasteiger charge is -2.02. The third-order valence-electron chi connectivity index (χ3n) is 2.43. The number of nitrogens with one attached hydrogen (secondary N) is 1. The van der Waals surface area contributed by atoms with E-state index in [4.69, 9.17) is 9.52 Å². The van der Waals surface area contributed by atoms with E-state index in [2.05, 4.69) is 37.2 Å². The summed E-state index contributed by atoms with van der Waals surface area (Å²) in [5.41, 5.74) is 0.952. The van der Waals surface area contributed by atoms with E-state index in [1.807, 2.05) is 30.3 Å². The lowest BCUT2D eigenvalue weighted by Crippen LogP contribution is -2.21. The second-order valence-corrected chi connectivity index (χ2v) is 5.66. The van der Waals surface area contributed by atoms with Crippen molar-refractivity contribution in [3.05, 3.63) is 45.0 Å². The zero-order chi connectivity index (χ0) is 13.8. The van der Waals surface area contributed by atoms with Crippen molar-refractivity contribution in [1.29, 1.82) is 0 Å². The second kappa shape index (κ2) is 6.36. The Kier molecular flexibility index (Phi) is 4.79. The molecule has 100 valence electrons. The molecule has 0 bridgehead atoms. The summed E-state index contributed by atoms with van der Waals surface area (Å²) in [5, 5.41) is 11.3. The Balaban J connectivity index is 2.10. The largest absolute Gasteiger partial charge is 0.480 e. The van der Waals surface area contributed by atoms with Crippen LogP contribution in [0.3, 0.4) is 0 Å². The molecule has 0 aliphatic rings. The molecule has 2 N–H and O–H groups in total. The lowest BCUT2D eigenvalue weighted by atomic mass is 10.2. The summed E-state index contributed by atoms with van der Waals surface area (Å²) in [4.78, 5) is 10.4. The first kappa shape index (κ1) is 14.3. The molecule has 0 radical (unpaired) electrons. The van der Waals surface area contributed by atoms with Crippen LogP contribution in [-0.2, 0) is 11.3 Å². The molecule has 0 spiro atoms. The van der Waals surface area contributed by atoms with E-state index in [1.165, 1.54) is 0 Å². The molecule has 0 atom stereocenters. The van der Waals surface area contributed by atoms with E-state index < -0.39 is 5.97 Å². The van der Waals surface area contributed by atoms with Crippen molar-refractivity contribution in [3.8, 4) is 11.3 Å². The maximum atomic E-state index is 10.4. The number of rotatable bonds is 5. The zero-order valence-electron chi connectivity index (χ0n) is 9.82. The van der Waals surface area contributed by atoms with Crippen LogP contribution < -0.4 is 5.32 Å². The van der Waals surface area contributed by atoms with Crippen LogP contribution in [0, 0.1) is 0 Å². The van der Waals surface area contributed by atoms with Crippen LogP contribution in [0.1, 0.15) is 5.76 Å². The summed E-state index contributed by atoms with van der Waals surface area (Å²) in [7, 11) is 0. The Bertz CT molecular complexity index is 595. The van der Waals surface area contributed by atoms with Gasteiger partial charge in [0.1, 0.15) is 11.5 Å². The molecule has 6 heteroatoms. The Labute approximate surface area is 127 Å². The van der Waals surface area contributed by atoms with Crippen LogP contribution in [0.25, 0.3) is 11.3 Å². The molecule has 1 heterocycles. The van der Waals surface area contributed by atoms with Gasteiger partial charge in [-0.15, -0.1) is 0 Å². The summed E-state index contributed by atoms with van der Waals surface area (Å²) in [6.07, 6.45) is 0. The summed E-state index contributed by atoms with van der Waals surface area (Å²) in [6.45, 7) is 0.304. The molecule has 1 aromatic heterocycles. The van der Waals surface area contributed by atoms with Crippen molar-refractivity contribution >= 4 is 37.8 Å². The minimum Gasteiger partial charge on any atom is -0.480 e. The number of aliphatic carboxylic acids is 1. The minimum atomic E-state index is -0.887. The molecule has 0 aliphatic carbocycles. The quantitative estimate of drug-likeness (QED) is 0.820. The predicted molar refractivity (Wildman–Crippen MR) is 78.9 cm³/mol. The van der Waals surface area contributed by atoms with Gasteiger partial charge in [0.2, 0.25) is 0 Å². The molecule has 4 nitrogen and oxygen atoms in total. The van der Waals surface area contributed by atoms with Gasteiger partial charge >= 0.3 is 5.97 Å². The third kappa shape index (κ3) is 3.92. The SMILES string of the molecule is O=C(O)CNCc1ccc(-c2ccc(Br)cc2Br)o1. The maximum Gasteiger partial charge on any atom is 0.317 e. The highest BCUT2D eigenvalue weighted by atomic mass is 79.9. The number of carboxylic acid groups (broad SMARTS) is 1. The normalized spacial score (nSPS) is 10.6. The molecule has 19 heavy (non-hydrogen) atoms. The Morgan fingerprint density at radius 1 is 1.26 bits per heavy atom. The fraction of sp³-hybridized carbons (Fsp3) is 0.154. The fourth-order valence-corrected chi connectivity index (χ4v) is 2.84. The van der Waals surface area contributed by atoms with Gasteiger partial charge < -0.3 is 9.52 Å². The van der Waals surface area contributed by atoms with Crippen LogP contribution in [0.2, 0.25) is 0 Å². The summed E-state index contributed by atoms with van der Waals surface area (Å²) >= 11 is 6.88. The van der Waals surface area contributed by atoms with Crippen LogP contribution in [0.15, 0.2) is 43.7 Å². The highest BCUT2D eigenvalue weighted by Gasteiger charge is 2.09. The number of hydrogen-bond acceptors (Lipinski definition) is 3. The standard InChI is InChI=1S/C13H11Br2NO3/c14-8-1-3-10(11(15)5-8)12-4-2-9(19-12)6-16-7-13(17)18/h1-5,16H,6-7H2,(H,17,18). The van der Waals surface area contributed by atoms with Gasteiger partial charge in [-0.3, -0.25) is 10.1 Å². The van der Waals surface area contributed by atoms with Gasteiger partial charge in [-0.25, -0.2) is 0 Å². The molecule has 1 aromatic carbocycles. The summed E-state index contributed by atoms with van der Waals surface area (Å²) in [5.74, 6) is 0.556. The van der Waals surface area contributed by atoms with Crippen molar-refractivity contribution in [2.75, 3.05) is 6.54 Å². The van der Waals surface area contributed by atoms with Crippen molar-refractivity contribution in [1.82, 2.24) is 5.32 Å². The van der Waals surface area contributed by atoms with Gasteiger partial charge in [-0.1, -0.05) is 15.9 Å². The van der Waals surface area contributed by atoms with E-state index in [0.29, 0.717) is 12.3 Å². The van der Waals surface area contributed by atoms with Gasteiger partial charge in [0, 0.05) is 14.5 Å². The van der Waals surface area contributed by atoms with Crippen molar-refractivity contribution in [2.45, 2.75) is 6.54 Å². The molecule has 0 amide bonds. The molecular formula is C13H11Br2NO3. The smallest absolute Gasteiger partial charge is 0.317 e. The molecule has 0 fully saturated rings. The lowest BCUT2D eigenvalue weighted by molar-refractivity contribution is -0.136. The zero-order valence-corrected chi connectivity index (χ0v) is 13.0. The molecule has 0 aliphatic heterocycles. The highest BCUT2D eigenvalue weighted by molar-refractivity contribution is 9.11.